The number of aromatic amines is 1. The standard InChI is InChI=1S/C4H4N2O.4C4H9.O.2Sn.2H/c7-4-2-1-3-5-6-4;4*1-3-4-2;;;;;/h1-3H,(H,6,7);4*1,3-4H2,2H3;;;;;. The van der Waals surface area contributed by atoms with Gasteiger partial charge in [-0.15, -0.1) is 0 Å². The van der Waals surface area contributed by atoms with Crippen molar-refractivity contribution in [2.45, 2.75) is 96.8 Å². The molecule has 1 aromatic heterocycles. The summed E-state index contributed by atoms with van der Waals surface area (Å²) < 4.78 is 13.0. The second-order valence-corrected chi connectivity index (χ2v) is 27.7. The molecular formula is C20H42N2O2Sn2. The molecular weight excluding hydrogens is 538 g/mol. The summed E-state index contributed by atoms with van der Waals surface area (Å²) in [6.07, 6.45) is 12.8. The van der Waals surface area contributed by atoms with Crippen molar-refractivity contribution in [1.82, 2.24) is 10.2 Å². The molecule has 152 valence electrons. The Labute approximate surface area is 176 Å². The molecule has 1 rings (SSSR count). The molecule has 0 aliphatic heterocycles. The third-order valence-corrected chi connectivity index (χ3v) is 35.7. The van der Waals surface area contributed by atoms with E-state index in [2.05, 4.69) is 37.9 Å². The fourth-order valence-electron chi connectivity index (χ4n) is 3.04. The van der Waals surface area contributed by atoms with Crippen LogP contribution in [0, 0.1) is 0 Å². The minimum atomic E-state index is -2.14. The van der Waals surface area contributed by atoms with E-state index in [-0.39, 0.29) is 5.56 Å². The van der Waals surface area contributed by atoms with Gasteiger partial charge in [-0.3, -0.25) is 4.79 Å². The topological polar surface area (TPSA) is 55.0 Å². The molecule has 0 atom stereocenters. The van der Waals surface area contributed by atoms with Gasteiger partial charge >= 0.3 is 139 Å². The van der Waals surface area contributed by atoms with Crippen molar-refractivity contribution in [3.8, 4) is 0 Å². The molecule has 1 aromatic rings. The largest absolute Gasteiger partial charge is 0.268 e. The summed E-state index contributed by atoms with van der Waals surface area (Å²) in [7, 11) is 0. The van der Waals surface area contributed by atoms with Gasteiger partial charge in [-0.05, 0) is 6.07 Å². The Hall–Kier alpha value is 0.437. The summed E-state index contributed by atoms with van der Waals surface area (Å²) >= 11 is -2.98. The van der Waals surface area contributed by atoms with E-state index in [1.165, 1.54) is 81.4 Å². The zero-order chi connectivity index (χ0) is 19.5. The van der Waals surface area contributed by atoms with Gasteiger partial charge in [0.05, 0.1) is 0 Å². The van der Waals surface area contributed by atoms with Crippen LogP contribution in [0.4, 0.5) is 0 Å². The second kappa shape index (κ2) is 18.8. The summed E-state index contributed by atoms with van der Waals surface area (Å²) in [4.78, 5) is 10.2. The molecule has 0 aromatic carbocycles. The zero-order valence-electron chi connectivity index (χ0n) is 17.7. The van der Waals surface area contributed by atoms with Crippen LogP contribution < -0.4 is 5.56 Å². The Morgan fingerprint density at radius 2 is 1.50 bits per heavy atom. The van der Waals surface area contributed by atoms with E-state index in [4.69, 9.17) is 1.41 Å². The molecule has 0 saturated carbocycles. The molecule has 1 heterocycles. The van der Waals surface area contributed by atoms with Gasteiger partial charge in [0.25, 0.3) is 5.56 Å². The summed E-state index contributed by atoms with van der Waals surface area (Å²) in [5.74, 6) is 0. The SMILES string of the molecule is CCC[CH2][SnH2][O][Sn]([CH2]CCC)([CH2]CCC)[CH2]CCC.O=c1cccn[nH]1. The molecule has 0 unspecified atom stereocenters. The number of nitrogens with zero attached hydrogens (tertiary/aromatic N) is 1. The Bertz CT molecular complexity index is 430. The predicted octanol–water partition coefficient (Wildman–Crippen LogP) is 5.42. The number of rotatable bonds is 14. The first-order valence-electron chi connectivity index (χ1n) is 10.8. The van der Waals surface area contributed by atoms with Crippen LogP contribution in [0.2, 0.25) is 17.7 Å². The fraction of sp³-hybridized carbons (Fsp3) is 0.800. The average Bonchev–Trinajstić information content (AvgIpc) is 2.67. The van der Waals surface area contributed by atoms with Gasteiger partial charge in [-0.2, -0.15) is 5.10 Å². The molecule has 6 heteroatoms. The third kappa shape index (κ3) is 14.5. The number of hydrogen-bond donors (Lipinski definition) is 1. The predicted molar refractivity (Wildman–Crippen MR) is 119 cm³/mol. The molecule has 1 N–H and O–H groups in total. The number of hydrogen-bond acceptors (Lipinski definition) is 3. The summed E-state index contributed by atoms with van der Waals surface area (Å²) in [5, 5.41) is 5.67. The number of nitrogens with one attached hydrogen (secondary N) is 1. The van der Waals surface area contributed by atoms with Gasteiger partial charge in [0, 0.05) is 12.3 Å². The van der Waals surface area contributed by atoms with Gasteiger partial charge in [0.15, 0.2) is 0 Å². The smallest absolute Gasteiger partial charge is 0.264 e. The fourth-order valence-corrected chi connectivity index (χ4v) is 38.0. The molecule has 0 bridgehead atoms. The van der Waals surface area contributed by atoms with Crippen molar-refractivity contribution in [2.24, 2.45) is 0 Å². The van der Waals surface area contributed by atoms with Crippen LogP contribution in [-0.2, 0) is 1.41 Å². The van der Waals surface area contributed by atoms with E-state index >= 15 is 0 Å². The zero-order valence-corrected chi connectivity index (χ0v) is 24.6. The molecule has 0 aliphatic rings. The summed E-state index contributed by atoms with van der Waals surface area (Å²) in [6.45, 7) is 9.34. The first-order valence-corrected chi connectivity index (χ1v) is 22.5. The van der Waals surface area contributed by atoms with Gasteiger partial charge < -0.3 is 0 Å². The van der Waals surface area contributed by atoms with Crippen LogP contribution in [-0.4, -0.2) is 50.5 Å². The van der Waals surface area contributed by atoms with Crippen molar-refractivity contribution < 1.29 is 1.41 Å². The van der Waals surface area contributed by atoms with E-state index in [0.29, 0.717) is 0 Å². The van der Waals surface area contributed by atoms with Crippen LogP contribution in [0.15, 0.2) is 23.1 Å². The minimum Gasteiger partial charge on any atom is -0.268 e. The van der Waals surface area contributed by atoms with Gasteiger partial charge in [0.1, 0.15) is 0 Å². The Balaban J connectivity index is 0.000000735. The van der Waals surface area contributed by atoms with E-state index in [1.54, 1.807) is 6.07 Å². The number of H-pyrrole nitrogens is 1. The van der Waals surface area contributed by atoms with Gasteiger partial charge in [-0.1, -0.05) is 0 Å². The van der Waals surface area contributed by atoms with Crippen molar-refractivity contribution in [3.05, 3.63) is 28.7 Å². The van der Waals surface area contributed by atoms with E-state index < -0.39 is 40.3 Å². The minimum absolute atomic E-state index is 0.164. The monoisotopic (exact) mass is 582 g/mol. The Morgan fingerprint density at radius 1 is 0.962 bits per heavy atom. The van der Waals surface area contributed by atoms with Crippen LogP contribution in [0.3, 0.4) is 0 Å². The third-order valence-electron chi connectivity index (χ3n) is 4.70. The van der Waals surface area contributed by atoms with E-state index in [0.717, 1.165) is 0 Å². The molecule has 4 nitrogen and oxygen atoms in total. The average molecular weight is 580 g/mol. The second-order valence-electron chi connectivity index (χ2n) is 7.16. The molecule has 0 fully saturated rings. The van der Waals surface area contributed by atoms with Crippen LogP contribution in [0.25, 0.3) is 0 Å². The Kier molecular flexibility index (Phi) is 19.1. The molecule has 0 amide bonds. The first kappa shape index (κ1) is 26.4. The van der Waals surface area contributed by atoms with Gasteiger partial charge in [0.2, 0.25) is 0 Å². The Morgan fingerprint density at radius 3 is 1.85 bits per heavy atom. The maximum absolute atomic E-state index is 10.2. The molecule has 26 heavy (non-hydrogen) atoms. The van der Waals surface area contributed by atoms with Crippen LogP contribution >= 0.6 is 0 Å². The molecule has 0 saturated heterocycles. The van der Waals surface area contributed by atoms with Gasteiger partial charge in [-0.25, -0.2) is 5.10 Å². The number of unbranched alkanes of at least 4 members (excludes halogenated alkanes) is 4. The van der Waals surface area contributed by atoms with Crippen molar-refractivity contribution in [2.75, 3.05) is 0 Å². The van der Waals surface area contributed by atoms with Crippen molar-refractivity contribution >= 4 is 40.3 Å². The maximum Gasteiger partial charge on any atom is 0.264 e. The molecule has 0 spiro atoms. The van der Waals surface area contributed by atoms with E-state index in [1.807, 2.05) is 0 Å². The van der Waals surface area contributed by atoms with Crippen LogP contribution in [0.5, 0.6) is 0 Å². The maximum atomic E-state index is 10.2. The van der Waals surface area contributed by atoms with Crippen molar-refractivity contribution in [3.63, 3.8) is 0 Å². The first-order chi connectivity index (χ1) is 12.6. The molecule has 0 radical (unpaired) electrons. The van der Waals surface area contributed by atoms with E-state index in [9.17, 15) is 4.79 Å². The van der Waals surface area contributed by atoms with Crippen molar-refractivity contribution in [1.29, 1.82) is 0 Å². The molecule has 0 aliphatic carbocycles. The normalized spacial score (nSPS) is 11.5. The van der Waals surface area contributed by atoms with Crippen LogP contribution in [0.1, 0.15) is 79.1 Å². The number of aromatic nitrogens is 2. The quantitative estimate of drug-likeness (QED) is 0.237. The summed E-state index contributed by atoms with van der Waals surface area (Å²) in [5.41, 5.74) is -0.164. The summed E-state index contributed by atoms with van der Waals surface area (Å²) in [6, 6.07) is 2.99.